The highest BCUT2D eigenvalue weighted by Gasteiger charge is 2.70. The highest BCUT2D eigenvalue weighted by molar-refractivity contribution is 7.16. The molecule has 0 heterocycles. The molecule has 10 unspecified atom stereocenters. The lowest BCUT2D eigenvalue weighted by atomic mass is 9.33. The van der Waals surface area contributed by atoms with Crippen LogP contribution < -0.4 is 0 Å². The van der Waals surface area contributed by atoms with Gasteiger partial charge in [0.1, 0.15) is 0 Å². The Hall–Kier alpha value is 0.350. The molecule has 0 radical (unpaired) electrons. The van der Waals surface area contributed by atoms with Gasteiger partial charge in [-0.2, -0.15) is 0 Å². The van der Waals surface area contributed by atoms with E-state index in [4.69, 9.17) is 0 Å². The van der Waals surface area contributed by atoms with Gasteiger partial charge in [-0.15, -0.1) is 9.24 Å². The maximum Gasteiger partial charge on any atom is 0.0673 e. The van der Waals surface area contributed by atoms with Crippen LogP contribution in [0.3, 0.4) is 0 Å². The van der Waals surface area contributed by atoms with Crippen molar-refractivity contribution in [1.29, 1.82) is 0 Å². The topological polar surface area (TPSA) is 40.5 Å². The monoisotopic (exact) mass is 476 g/mol. The standard InChI is InChI=1S/C30H53O2P/c1-7-30(32)15-12-26(4)21(20(30)2)10-11-28(6)24(26)9-8-22-23-16-25(3,19-33)17-29(23,18-31)14-13-27(22,28)5/h20-24,31-32H,7-19,33H2,1-6H3/t20?,21?,22?,23?,24?,25?,26?,27-,28?,29?,30+/m1/s1. The number of hydrogen-bond acceptors (Lipinski definition) is 2. The molecule has 0 aliphatic heterocycles. The summed E-state index contributed by atoms with van der Waals surface area (Å²) in [6, 6.07) is 0. The summed E-state index contributed by atoms with van der Waals surface area (Å²) in [5.74, 6) is 3.34. The van der Waals surface area contributed by atoms with Gasteiger partial charge in [0.2, 0.25) is 0 Å². The van der Waals surface area contributed by atoms with Crippen LogP contribution in [0.1, 0.15) is 112 Å². The van der Waals surface area contributed by atoms with Crippen LogP contribution in [0.2, 0.25) is 0 Å². The van der Waals surface area contributed by atoms with Gasteiger partial charge in [0.25, 0.3) is 0 Å². The van der Waals surface area contributed by atoms with Gasteiger partial charge in [-0.1, -0.05) is 41.5 Å². The second-order valence-corrected chi connectivity index (χ2v) is 15.4. The fourth-order valence-electron chi connectivity index (χ4n) is 11.8. The molecule has 0 saturated heterocycles. The molecule has 12 atom stereocenters. The largest absolute Gasteiger partial charge is 0.396 e. The zero-order valence-corrected chi connectivity index (χ0v) is 23.7. The Morgan fingerprint density at radius 2 is 1.58 bits per heavy atom. The molecule has 2 N–H and O–H groups in total. The summed E-state index contributed by atoms with van der Waals surface area (Å²) in [4.78, 5) is 0. The molecule has 5 rings (SSSR count). The summed E-state index contributed by atoms with van der Waals surface area (Å²) in [6.45, 7) is 15.5. The van der Waals surface area contributed by atoms with Gasteiger partial charge in [0.15, 0.2) is 0 Å². The highest BCUT2D eigenvalue weighted by atomic mass is 31.0. The molecule has 5 fully saturated rings. The molecular formula is C30H53O2P. The average molecular weight is 477 g/mol. The minimum atomic E-state index is -0.447. The predicted molar refractivity (Wildman–Crippen MR) is 141 cm³/mol. The number of aliphatic hydroxyl groups excluding tert-OH is 1. The Labute approximate surface area is 206 Å². The first-order valence-electron chi connectivity index (χ1n) is 14.4. The highest BCUT2D eigenvalue weighted by Crippen LogP contribution is 2.77. The van der Waals surface area contributed by atoms with Gasteiger partial charge in [0, 0.05) is 6.61 Å². The molecule has 33 heavy (non-hydrogen) atoms. The van der Waals surface area contributed by atoms with Crippen molar-refractivity contribution in [2.24, 2.45) is 56.7 Å². The molecule has 0 aromatic heterocycles. The molecule has 190 valence electrons. The van der Waals surface area contributed by atoms with Crippen molar-refractivity contribution < 1.29 is 10.2 Å². The summed E-state index contributed by atoms with van der Waals surface area (Å²) in [7, 11) is 3.03. The second-order valence-electron chi connectivity index (χ2n) is 15.0. The number of aliphatic hydroxyl groups is 2. The maximum atomic E-state index is 11.4. The van der Waals surface area contributed by atoms with Crippen LogP contribution in [0, 0.1) is 56.7 Å². The Bertz CT molecular complexity index is 785. The van der Waals surface area contributed by atoms with Crippen LogP contribution in [0.25, 0.3) is 0 Å². The minimum Gasteiger partial charge on any atom is -0.396 e. The van der Waals surface area contributed by atoms with E-state index < -0.39 is 5.60 Å². The van der Waals surface area contributed by atoms with Gasteiger partial charge >= 0.3 is 0 Å². The van der Waals surface area contributed by atoms with Crippen LogP contribution in [0.4, 0.5) is 0 Å². The zero-order valence-electron chi connectivity index (χ0n) is 22.6. The predicted octanol–water partition coefficient (Wildman–Crippen LogP) is 7.08. The summed E-state index contributed by atoms with van der Waals surface area (Å²) >= 11 is 0. The molecule has 5 aliphatic carbocycles. The number of hydrogen-bond donors (Lipinski definition) is 2. The summed E-state index contributed by atoms with van der Waals surface area (Å²) < 4.78 is 0. The Morgan fingerprint density at radius 1 is 0.848 bits per heavy atom. The van der Waals surface area contributed by atoms with E-state index in [0.29, 0.717) is 46.0 Å². The second kappa shape index (κ2) is 7.68. The molecule has 2 nitrogen and oxygen atoms in total. The lowest BCUT2D eigenvalue weighted by molar-refractivity contribution is -0.245. The molecule has 3 heteroatoms. The van der Waals surface area contributed by atoms with E-state index in [9.17, 15) is 10.2 Å². The third-order valence-electron chi connectivity index (χ3n) is 14.1. The SMILES string of the molecule is CC[C@]1(O)CCC2(C)C(CCC3(C)C2CCC2C4CC(C)(CP)CC4(CO)CC[C@]23C)C1C. The van der Waals surface area contributed by atoms with Gasteiger partial charge in [-0.05, 0) is 133 Å². The van der Waals surface area contributed by atoms with Gasteiger partial charge < -0.3 is 10.2 Å². The van der Waals surface area contributed by atoms with Crippen molar-refractivity contribution in [1.82, 2.24) is 0 Å². The van der Waals surface area contributed by atoms with Gasteiger partial charge in [-0.25, -0.2) is 0 Å². The maximum absolute atomic E-state index is 11.4. The molecule has 5 aliphatic rings. The molecular weight excluding hydrogens is 423 g/mol. The number of rotatable bonds is 3. The smallest absolute Gasteiger partial charge is 0.0673 e. The summed E-state index contributed by atoms with van der Waals surface area (Å²) in [5, 5.41) is 22.1. The normalized spacial score (nSPS) is 60.5. The van der Waals surface area contributed by atoms with Crippen LogP contribution in [0.15, 0.2) is 0 Å². The summed E-state index contributed by atoms with van der Waals surface area (Å²) in [6.07, 6.45) is 14.7. The molecule has 0 bridgehead atoms. The molecule has 5 saturated carbocycles. The first kappa shape index (κ1) is 25.0. The third-order valence-corrected chi connectivity index (χ3v) is 15.1. The van der Waals surface area contributed by atoms with Gasteiger partial charge in [0.05, 0.1) is 5.60 Å². The van der Waals surface area contributed by atoms with Crippen molar-refractivity contribution in [2.45, 2.75) is 118 Å². The third kappa shape index (κ3) is 3.08. The van der Waals surface area contributed by atoms with Crippen LogP contribution in [0.5, 0.6) is 0 Å². The van der Waals surface area contributed by atoms with Crippen LogP contribution in [-0.4, -0.2) is 28.6 Å². The average Bonchev–Trinajstić information content (AvgIpc) is 3.11. The van der Waals surface area contributed by atoms with E-state index in [1.165, 1.54) is 63.9 Å². The van der Waals surface area contributed by atoms with Crippen molar-refractivity contribution in [3.05, 3.63) is 0 Å². The lowest BCUT2D eigenvalue weighted by Gasteiger charge is -2.72. The van der Waals surface area contributed by atoms with E-state index in [1.807, 2.05) is 0 Å². The molecule has 0 spiro atoms. The van der Waals surface area contributed by atoms with E-state index in [0.717, 1.165) is 24.7 Å². The van der Waals surface area contributed by atoms with Crippen LogP contribution in [-0.2, 0) is 0 Å². The van der Waals surface area contributed by atoms with Gasteiger partial charge in [-0.3, -0.25) is 0 Å². The van der Waals surface area contributed by atoms with Crippen molar-refractivity contribution in [2.75, 3.05) is 12.8 Å². The van der Waals surface area contributed by atoms with Crippen LogP contribution >= 0.6 is 9.24 Å². The Kier molecular flexibility index (Phi) is 5.82. The Balaban J connectivity index is 1.50. The van der Waals surface area contributed by atoms with Crippen molar-refractivity contribution >= 4 is 9.24 Å². The van der Waals surface area contributed by atoms with Crippen molar-refractivity contribution in [3.63, 3.8) is 0 Å². The summed E-state index contributed by atoms with van der Waals surface area (Å²) in [5.41, 5.74) is 1.27. The molecule has 0 aromatic carbocycles. The zero-order chi connectivity index (χ0) is 24.1. The fraction of sp³-hybridized carbons (Fsp3) is 1.00. The fourth-order valence-corrected chi connectivity index (χ4v) is 12.1. The first-order valence-corrected chi connectivity index (χ1v) is 15.2. The van der Waals surface area contributed by atoms with E-state index >= 15 is 0 Å². The first-order chi connectivity index (χ1) is 15.4. The molecule has 0 aromatic rings. The van der Waals surface area contributed by atoms with Crippen molar-refractivity contribution in [3.8, 4) is 0 Å². The minimum absolute atomic E-state index is 0.177. The molecule has 0 amide bonds. The lowest BCUT2D eigenvalue weighted by Crippen LogP contribution is -2.66. The Morgan fingerprint density at radius 3 is 2.21 bits per heavy atom. The van der Waals surface area contributed by atoms with E-state index in [2.05, 4.69) is 50.8 Å². The quantitative estimate of drug-likeness (QED) is 0.427. The van der Waals surface area contributed by atoms with E-state index in [1.54, 1.807) is 0 Å². The van der Waals surface area contributed by atoms with E-state index in [-0.39, 0.29) is 5.41 Å². The number of fused-ring (bicyclic) bond motifs is 7.